The summed E-state index contributed by atoms with van der Waals surface area (Å²) in [5.74, 6) is 5.63. The zero-order valence-corrected chi connectivity index (χ0v) is 11.5. The lowest BCUT2D eigenvalue weighted by Gasteiger charge is -2.26. The number of nitrogens with two attached hydrogens (primary N) is 1. The van der Waals surface area contributed by atoms with Crippen LogP contribution in [0.2, 0.25) is 0 Å². The van der Waals surface area contributed by atoms with E-state index in [1.165, 1.54) is 17.7 Å². The maximum Gasteiger partial charge on any atom is 0.0594 e. The molecule has 0 aliphatic carbocycles. The molecule has 3 N–H and O–H groups in total. The second-order valence-corrected chi connectivity index (χ2v) is 5.88. The summed E-state index contributed by atoms with van der Waals surface area (Å²) in [5, 5.41) is 2.07. The number of rotatable bonds is 4. The zero-order valence-electron chi connectivity index (χ0n) is 9.12. The first-order chi connectivity index (χ1) is 7.81. The standard InChI is InChI=1S/C11H17BrN2OS/c12-9-4-6-16-11(9)10(14-13)7-8-3-1-2-5-15-8/h4,6,8,10,14H,1-3,5,7,13H2. The lowest BCUT2D eigenvalue weighted by atomic mass is 10.0. The molecular weight excluding hydrogens is 288 g/mol. The van der Waals surface area contributed by atoms with Gasteiger partial charge in [-0.25, -0.2) is 0 Å². The Balaban J connectivity index is 1.97. The van der Waals surface area contributed by atoms with Crippen molar-refractivity contribution < 1.29 is 4.74 Å². The first kappa shape index (κ1) is 12.5. The van der Waals surface area contributed by atoms with Gasteiger partial charge in [0.25, 0.3) is 0 Å². The van der Waals surface area contributed by atoms with E-state index >= 15 is 0 Å². The fraction of sp³-hybridized carbons (Fsp3) is 0.636. The summed E-state index contributed by atoms with van der Waals surface area (Å²) in [7, 11) is 0. The summed E-state index contributed by atoms with van der Waals surface area (Å²) >= 11 is 5.27. The third kappa shape index (κ3) is 3.05. The van der Waals surface area contributed by atoms with E-state index in [-0.39, 0.29) is 6.04 Å². The van der Waals surface area contributed by atoms with Crippen LogP contribution in [0.3, 0.4) is 0 Å². The van der Waals surface area contributed by atoms with Gasteiger partial charge in [0.15, 0.2) is 0 Å². The topological polar surface area (TPSA) is 47.3 Å². The van der Waals surface area contributed by atoms with Gasteiger partial charge < -0.3 is 4.74 Å². The van der Waals surface area contributed by atoms with Crippen LogP contribution in [0.4, 0.5) is 0 Å². The van der Waals surface area contributed by atoms with Crippen molar-refractivity contribution in [3.8, 4) is 0 Å². The Hall–Kier alpha value is 0.0600. The minimum absolute atomic E-state index is 0.192. The Morgan fingerprint density at radius 2 is 2.50 bits per heavy atom. The highest BCUT2D eigenvalue weighted by Crippen LogP contribution is 2.32. The highest BCUT2D eigenvalue weighted by atomic mass is 79.9. The fourth-order valence-electron chi connectivity index (χ4n) is 2.06. The van der Waals surface area contributed by atoms with Gasteiger partial charge in [-0.05, 0) is 53.1 Å². The average Bonchev–Trinajstić information content (AvgIpc) is 2.74. The molecule has 90 valence electrons. The van der Waals surface area contributed by atoms with Crippen LogP contribution in [0.5, 0.6) is 0 Å². The van der Waals surface area contributed by atoms with Crippen LogP contribution in [0.25, 0.3) is 0 Å². The van der Waals surface area contributed by atoms with Crippen LogP contribution in [-0.2, 0) is 4.74 Å². The first-order valence-electron chi connectivity index (χ1n) is 5.62. The number of hydrogen-bond acceptors (Lipinski definition) is 4. The SMILES string of the molecule is NNC(CC1CCCCO1)c1sccc1Br. The molecule has 3 nitrogen and oxygen atoms in total. The van der Waals surface area contributed by atoms with Crippen molar-refractivity contribution in [1.82, 2.24) is 5.43 Å². The van der Waals surface area contributed by atoms with Crippen LogP contribution in [-0.4, -0.2) is 12.7 Å². The van der Waals surface area contributed by atoms with E-state index in [0.29, 0.717) is 6.10 Å². The smallest absolute Gasteiger partial charge is 0.0594 e. The summed E-state index contributed by atoms with van der Waals surface area (Å²) in [4.78, 5) is 1.26. The monoisotopic (exact) mass is 304 g/mol. The summed E-state index contributed by atoms with van der Waals surface area (Å²) in [6, 6.07) is 2.25. The van der Waals surface area contributed by atoms with Crippen molar-refractivity contribution in [2.75, 3.05) is 6.61 Å². The van der Waals surface area contributed by atoms with Gasteiger partial charge in [0, 0.05) is 16.0 Å². The molecule has 0 amide bonds. The van der Waals surface area contributed by atoms with Crippen LogP contribution in [0.15, 0.2) is 15.9 Å². The summed E-state index contributed by atoms with van der Waals surface area (Å²) < 4.78 is 6.88. The molecule has 16 heavy (non-hydrogen) atoms. The predicted molar refractivity (Wildman–Crippen MR) is 70.3 cm³/mol. The Bertz CT molecular complexity index is 326. The highest BCUT2D eigenvalue weighted by Gasteiger charge is 2.22. The molecule has 2 heterocycles. The van der Waals surface area contributed by atoms with Crippen molar-refractivity contribution in [3.63, 3.8) is 0 Å². The second-order valence-electron chi connectivity index (χ2n) is 4.08. The van der Waals surface area contributed by atoms with Crippen molar-refractivity contribution in [3.05, 3.63) is 20.8 Å². The second kappa shape index (κ2) is 6.12. The number of halogens is 1. The van der Waals surface area contributed by atoms with E-state index < -0.39 is 0 Å². The van der Waals surface area contributed by atoms with Crippen molar-refractivity contribution in [1.29, 1.82) is 0 Å². The minimum Gasteiger partial charge on any atom is -0.378 e. The summed E-state index contributed by atoms with van der Waals surface area (Å²) in [6.45, 7) is 0.896. The van der Waals surface area contributed by atoms with Gasteiger partial charge in [0.1, 0.15) is 0 Å². The third-order valence-corrected chi connectivity index (χ3v) is 4.92. The maximum absolute atomic E-state index is 5.74. The quantitative estimate of drug-likeness (QED) is 0.664. The molecule has 1 aliphatic rings. The van der Waals surface area contributed by atoms with Crippen LogP contribution >= 0.6 is 27.3 Å². The third-order valence-electron chi connectivity index (χ3n) is 2.94. The van der Waals surface area contributed by atoms with Crippen LogP contribution in [0.1, 0.15) is 36.6 Å². The predicted octanol–water partition coefficient (Wildman–Crippen LogP) is 2.97. The molecule has 0 saturated carbocycles. The molecule has 2 rings (SSSR count). The molecule has 2 unspecified atom stereocenters. The molecule has 1 aliphatic heterocycles. The Morgan fingerprint density at radius 1 is 1.62 bits per heavy atom. The van der Waals surface area contributed by atoms with E-state index in [4.69, 9.17) is 10.6 Å². The molecule has 1 aromatic heterocycles. The van der Waals surface area contributed by atoms with E-state index in [1.54, 1.807) is 11.3 Å². The highest BCUT2D eigenvalue weighted by molar-refractivity contribution is 9.10. The molecule has 1 fully saturated rings. The fourth-order valence-corrected chi connectivity index (χ4v) is 3.78. The molecule has 1 saturated heterocycles. The number of hydrazine groups is 1. The Kier molecular flexibility index (Phi) is 4.79. The van der Waals surface area contributed by atoms with Gasteiger partial charge in [0.2, 0.25) is 0 Å². The van der Waals surface area contributed by atoms with Crippen LogP contribution in [0, 0.1) is 0 Å². The summed E-state index contributed by atoms with van der Waals surface area (Å²) in [5.41, 5.74) is 2.89. The molecular formula is C11H17BrN2OS. The summed E-state index contributed by atoms with van der Waals surface area (Å²) in [6.07, 6.45) is 4.92. The maximum atomic E-state index is 5.74. The first-order valence-corrected chi connectivity index (χ1v) is 7.29. The molecule has 0 radical (unpaired) electrons. The van der Waals surface area contributed by atoms with E-state index in [2.05, 4.69) is 32.8 Å². The largest absolute Gasteiger partial charge is 0.378 e. The number of hydrogen-bond donors (Lipinski definition) is 2. The lowest BCUT2D eigenvalue weighted by molar-refractivity contribution is 0.00520. The average molecular weight is 305 g/mol. The number of ether oxygens (including phenoxy) is 1. The van der Waals surface area contributed by atoms with E-state index in [0.717, 1.165) is 23.9 Å². The molecule has 1 aromatic rings. The van der Waals surface area contributed by atoms with Gasteiger partial charge in [-0.2, -0.15) is 0 Å². The normalized spacial score (nSPS) is 23.2. The van der Waals surface area contributed by atoms with Gasteiger partial charge in [-0.1, -0.05) is 0 Å². The molecule has 0 aromatic carbocycles. The molecule has 2 atom stereocenters. The van der Waals surface area contributed by atoms with Gasteiger partial charge in [-0.15, -0.1) is 11.3 Å². The van der Waals surface area contributed by atoms with Gasteiger partial charge in [0.05, 0.1) is 12.1 Å². The minimum atomic E-state index is 0.192. The number of thiophene rings is 1. The van der Waals surface area contributed by atoms with E-state index in [9.17, 15) is 0 Å². The molecule has 0 bridgehead atoms. The van der Waals surface area contributed by atoms with Crippen LogP contribution < -0.4 is 11.3 Å². The lowest BCUT2D eigenvalue weighted by Crippen LogP contribution is -2.32. The number of nitrogens with one attached hydrogen (secondary N) is 1. The van der Waals surface area contributed by atoms with Crippen molar-refractivity contribution in [2.24, 2.45) is 5.84 Å². The Morgan fingerprint density at radius 3 is 3.06 bits per heavy atom. The van der Waals surface area contributed by atoms with Crippen molar-refractivity contribution >= 4 is 27.3 Å². The zero-order chi connectivity index (χ0) is 11.4. The van der Waals surface area contributed by atoms with Crippen molar-refractivity contribution in [2.45, 2.75) is 37.8 Å². The molecule has 0 spiro atoms. The van der Waals surface area contributed by atoms with E-state index in [1.807, 2.05) is 0 Å². The molecule has 5 heteroatoms. The Labute approximate surface area is 108 Å². The van der Waals surface area contributed by atoms with Gasteiger partial charge >= 0.3 is 0 Å². The van der Waals surface area contributed by atoms with Gasteiger partial charge in [-0.3, -0.25) is 11.3 Å².